The van der Waals surface area contributed by atoms with Gasteiger partial charge in [0, 0.05) is 30.2 Å². The van der Waals surface area contributed by atoms with E-state index in [0.717, 1.165) is 44.8 Å². The van der Waals surface area contributed by atoms with Crippen LogP contribution in [0.1, 0.15) is 49.7 Å². The SMILES string of the molecule is Cc1cc(C)c2c(C)c(C(=O)NC3CCN(C(=O)c4ccoc4)CC3)sc2n1. The smallest absolute Gasteiger partial charge is 0.261 e. The zero-order valence-corrected chi connectivity index (χ0v) is 17.1. The standard InChI is InChI=1S/C21H23N3O3S/c1-12-10-13(2)22-20-17(12)14(3)18(28-20)19(25)23-16-4-7-24(8-5-16)21(26)15-6-9-27-11-15/h6,9-11,16H,4-5,7-8H2,1-3H3,(H,23,25). The van der Waals surface area contributed by atoms with Crippen molar-refractivity contribution in [2.45, 2.75) is 39.7 Å². The van der Waals surface area contributed by atoms with Crippen LogP contribution in [0.2, 0.25) is 0 Å². The van der Waals surface area contributed by atoms with Crippen LogP contribution in [0.4, 0.5) is 0 Å². The van der Waals surface area contributed by atoms with Gasteiger partial charge in [0.15, 0.2) is 0 Å². The highest BCUT2D eigenvalue weighted by Gasteiger charge is 2.26. The molecule has 0 atom stereocenters. The Bertz CT molecular complexity index is 1030. The van der Waals surface area contributed by atoms with Crippen LogP contribution in [0, 0.1) is 20.8 Å². The fourth-order valence-corrected chi connectivity index (χ4v) is 5.09. The maximum absolute atomic E-state index is 12.9. The molecule has 1 aliphatic rings. The Morgan fingerprint density at radius 2 is 2.00 bits per heavy atom. The summed E-state index contributed by atoms with van der Waals surface area (Å²) in [5.74, 6) is -0.0621. The molecule has 1 aliphatic heterocycles. The van der Waals surface area contributed by atoms with E-state index in [2.05, 4.69) is 23.3 Å². The number of hydrogen-bond acceptors (Lipinski definition) is 5. The van der Waals surface area contributed by atoms with Crippen LogP contribution in [0.25, 0.3) is 10.2 Å². The molecule has 3 aromatic rings. The van der Waals surface area contributed by atoms with Crippen molar-refractivity contribution in [3.8, 4) is 0 Å². The molecule has 0 aliphatic carbocycles. The second-order valence-electron chi connectivity index (χ2n) is 7.37. The molecular formula is C21H23N3O3S. The van der Waals surface area contributed by atoms with Crippen molar-refractivity contribution in [1.29, 1.82) is 0 Å². The zero-order chi connectivity index (χ0) is 19.8. The number of amides is 2. The molecule has 28 heavy (non-hydrogen) atoms. The van der Waals surface area contributed by atoms with Gasteiger partial charge in [0.05, 0.1) is 16.7 Å². The topological polar surface area (TPSA) is 75.4 Å². The molecule has 6 nitrogen and oxygen atoms in total. The largest absolute Gasteiger partial charge is 0.472 e. The van der Waals surface area contributed by atoms with E-state index in [9.17, 15) is 9.59 Å². The fraction of sp³-hybridized carbons (Fsp3) is 0.381. The van der Waals surface area contributed by atoms with Gasteiger partial charge in [-0.15, -0.1) is 11.3 Å². The summed E-state index contributed by atoms with van der Waals surface area (Å²) in [6.07, 6.45) is 4.47. The number of carbonyl (C=O) groups is 2. The molecular weight excluding hydrogens is 374 g/mol. The van der Waals surface area contributed by atoms with E-state index in [1.165, 1.54) is 23.9 Å². The van der Waals surface area contributed by atoms with Crippen LogP contribution < -0.4 is 5.32 Å². The van der Waals surface area contributed by atoms with Gasteiger partial charge in [-0.1, -0.05) is 0 Å². The highest BCUT2D eigenvalue weighted by molar-refractivity contribution is 7.20. The lowest BCUT2D eigenvalue weighted by Gasteiger charge is -2.32. The third-order valence-electron chi connectivity index (χ3n) is 5.32. The summed E-state index contributed by atoms with van der Waals surface area (Å²) in [5, 5.41) is 4.24. The molecule has 0 saturated carbocycles. The molecule has 3 aromatic heterocycles. The number of aromatic nitrogens is 1. The first kappa shape index (κ1) is 18.7. The molecule has 4 rings (SSSR count). The summed E-state index contributed by atoms with van der Waals surface area (Å²) in [6, 6.07) is 3.80. The lowest BCUT2D eigenvalue weighted by Crippen LogP contribution is -2.46. The Hall–Kier alpha value is -2.67. The van der Waals surface area contributed by atoms with E-state index < -0.39 is 0 Å². The molecule has 0 radical (unpaired) electrons. The van der Waals surface area contributed by atoms with Crippen molar-refractivity contribution in [3.63, 3.8) is 0 Å². The van der Waals surface area contributed by atoms with E-state index in [4.69, 9.17) is 4.42 Å². The molecule has 1 fully saturated rings. The molecule has 4 heterocycles. The minimum absolute atomic E-state index is 0.0178. The normalized spacial score (nSPS) is 15.2. The van der Waals surface area contributed by atoms with Gasteiger partial charge in [-0.05, 0) is 56.9 Å². The van der Waals surface area contributed by atoms with Gasteiger partial charge < -0.3 is 14.6 Å². The van der Waals surface area contributed by atoms with Gasteiger partial charge in [-0.2, -0.15) is 0 Å². The Labute approximate surface area is 167 Å². The average molecular weight is 398 g/mol. The van der Waals surface area contributed by atoms with E-state index in [0.29, 0.717) is 18.7 Å². The third-order valence-corrected chi connectivity index (χ3v) is 6.50. The van der Waals surface area contributed by atoms with Gasteiger partial charge >= 0.3 is 0 Å². The van der Waals surface area contributed by atoms with Gasteiger partial charge in [-0.25, -0.2) is 4.98 Å². The Balaban J connectivity index is 1.42. The minimum atomic E-state index is -0.0443. The molecule has 0 unspecified atom stereocenters. The summed E-state index contributed by atoms with van der Waals surface area (Å²) >= 11 is 1.45. The number of pyridine rings is 1. The molecule has 0 aromatic carbocycles. The summed E-state index contributed by atoms with van der Waals surface area (Å²) in [5.41, 5.74) is 3.69. The van der Waals surface area contributed by atoms with E-state index >= 15 is 0 Å². The zero-order valence-electron chi connectivity index (χ0n) is 16.2. The Morgan fingerprint density at radius 1 is 1.25 bits per heavy atom. The Morgan fingerprint density at radius 3 is 2.68 bits per heavy atom. The lowest BCUT2D eigenvalue weighted by atomic mass is 10.0. The molecule has 146 valence electrons. The molecule has 1 saturated heterocycles. The van der Waals surface area contributed by atoms with Gasteiger partial charge in [0.2, 0.25) is 0 Å². The number of carbonyl (C=O) groups excluding carboxylic acids is 2. The highest BCUT2D eigenvalue weighted by Crippen LogP contribution is 2.32. The number of fused-ring (bicyclic) bond motifs is 1. The first-order valence-electron chi connectivity index (χ1n) is 9.43. The van der Waals surface area contributed by atoms with Gasteiger partial charge in [0.25, 0.3) is 11.8 Å². The maximum Gasteiger partial charge on any atom is 0.261 e. The number of likely N-dealkylation sites (tertiary alicyclic amines) is 1. The van der Waals surface area contributed by atoms with Crippen molar-refractivity contribution in [2.75, 3.05) is 13.1 Å². The number of aryl methyl sites for hydroxylation is 3. The number of nitrogens with zero attached hydrogens (tertiary/aromatic N) is 2. The van der Waals surface area contributed by atoms with E-state index in [-0.39, 0.29) is 17.9 Å². The van der Waals surface area contributed by atoms with Crippen LogP contribution in [0.3, 0.4) is 0 Å². The van der Waals surface area contributed by atoms with Crippen LogP contribution in [0.5, 0.6) is 0 Å². The Kier molecular flexibility index (Phi) is 4.93. The van der Waals surface area contributed by atoms with E-state index in [1.54, 1.807) is 6.07 Å². The quantitative estimate of drug-likeness (QED) is 0.728. The summed E-state index contributed by atoms with van der Waals surface area (Å²) in [6.45, 7) is 7.27. The van der Waals surface area contributed by atoms with Crippen LogP contribution in [-0.4, -0.2) is 40.8 Å². The van der Waals surface area contributed by atoms with E-state index in [1.807, 2.05) is 18.7 Å². The number of nitrogens with one attached hydrogen (secondary N) is 1. The number of hydrogen-bond donors (Lipinski definition) is 1. The third kappa shape index (κ3) is 3.42. The molecule has 2 amide bonds. The molecule has 7 heteroatoms. The predicted octanol–water partition coefficient (Wildman–Crippen LogP) is 3.85. The number of thiophene rings is 1. The summed E-state index contributed by atoms with van der Waals surface area (Å²) in [4.78, 5) is 33.3. The highest BCUT2D eigenvalue weighted by atomic mass is 32.1. The number of furan rings is 1. The lowest BCUT2D eigenvalue weighted by molar-refractivity contribution is 0.0697. The van der Waals surface area contributed by atoms with Gasteiger partial charge in [0.1, 0.15) is 11.1 Å². The summed E-state index contributed by atoms with van der Waals surface area (Å²) in [7, 11) is 0. The van der Waals surface area contributed by atoms with Crippen LogP contribution in [0.15, 0.2) is 29.1 Å². The monoisotopic (exact) mass is 397 g/mol. The van der Waals surface area contributed by atoms with Crippen molar-refractivity contribution in [2.24, 2.45) is 0 Å². The molecule has 0 bridgehead atoms. The summed E-state index contributed by atoms with van der Waals surface area (Å²) < 4.78 is 4.99. The fourth-order valence-electron chi connectivity index (χ4n) is 3.88. The first-order chi connectivity index (χ1) is 13.4. The van der Waals surface area contributed by atoms with Crippen molar-refractivity contribution in [3.05, 3.63) is 51.9 Å². The second kappa shape index (κ2) is 7.39. The number of rotatable bonds is 3. The first-order valence-corrected chi connectivity index (χ1v) is 10.3. The van der Waals surface area contributed by atoms with Gasteiger partial charge in [-0.3, -0.25) is 9.59 Å². The molecule has 0 spiro atoms. The number of piperidine rings is 1. The van der Waals surface area contributed by atoms with Crippen molar-refractivity contribution in [1.82, 2.24) is 15.2 Å². The minimum Gasteiger partial charge on any atom is -0.472 e. The maximum atomic E-state index is 12.9. The molecule has 1 N–H and O–H groups in total. The predicted molar refractivity (Wildman–Crippen MR) is 109 cm³/mol. The van der Waals surface area contributed by atoms with Crippen molar-refractivity contribution >= 4 is 33.4 Å². The second-order valence-corrected chi connectivity index (χ2v) is 8.37. The average Bonchev–Trinajstić information content (AvgIpc) is 3.30. The van der Waals surface area contributed by atoms with Crippen LogP contribution in [-0.2, 0) is 0 Å². The van der Waals surface area contributed by atoms with Crippen molar-refractivity contribution < 1.29 is 14.0 Å². The van der Waals surface area contributed by atoms with Crippen LogP contribution >= 0.6 is 11.3 Å².